The maximum absolute atomic E-state index is 11.2. The second-order valence-electron chi connectivity index (χ2n) is 6.54. The Bertz CT molecular complexity index is 615. The lowest BCUT2D eigenvalue weighted by atomic mass is 10.1. The summed E-state index contributed by atoms with van der Waals surface area (Å²) >= 11 is 0. The van der Waals surface area contributed by atoms with E-state index in [1.165, 1.54) is 51.0 Å². The van der Waals surface area contributed by atoms with Crippen molar-refractivity contribution in [2.45, 2.75) is 58.3 Å². The van der Waals surface area contributed by atoms with Crippen LogP contribution in [0, 0.1) is 0 Å². The van der Waals surface area contributed by atoms with Gasteiger partial charge in [-0.3, -0.25) is 0 Å². The third kappa shape index (κ3) is 12.9. The second-order valence-corrected chi connectivity index (χ2v) is 6.54. The Hall–Kier alpha value is -2.33. The molecule has 0 aliphatic carbocycles. The summed E-state index contributed by atoms with van der Waals surface area (Å²) in [6.45, 7) is 2.24. The second kappa shape index (κ2) is 18.1. The molecule has 0 heterocycles. The zero-order chi connectivity index (χ0) is 21.0. The zero-order valence-corrected chi connectivity index (χ0v) is 17.6. The highest BCUT2D eigenvalue weighted by Crippen LogP contribution is 2.22. The molecule has 0 saturated heterocycles. The van der Waals surface area contributed by atoms with Gasteiger partial charge in [-0.25, -0.2) is 4.79 Å². The molecule has 28 heavy (non-hydrogen) atoms. The summed E-state index contributed by atoms with van der Waals surface area (Å²) in [5.41, 5.74) is 0.422. The van der Waals surface area contributed by atoms with E-state index in [4.69, 9.17) is 5.11 Å². The van der Waals surface area contributed by atoms with E-state index in [0.717, 1.165) is 6.42 Å². The number of carbonyl (C=O) groups is 1. The van der Waals surface area contributed by atoms with Gasteiger partial charge in [0, 0.05) is 14.2 Å². The number of hydrogen-bond donors (Lipinski definition) is 2. The standard InChI is InChI=1S/C22H30O3.C2H6O/c1-2-3-4-5-6-7-8-9-10-11-12-13-14-16-19-17-15-18-20(23)21(19)22(24)25;1-3-2/h10-18,23H,2-9H2,1H3,(H,24,25);1-2H3. The number of aromatic hydroxyl groups is 1. The number of carboxylic acids is 1. The van der Waals surface area contributed by atoms with E-state index in [1.54, 1.807) is 38.5 Å². The van der Waals surface area contributed by atoms with Gasteiger partial charge in [-0.15, -0.1) is 0 Å². The Morgan fingerprint density at radius 1 is 0.964 bits per heavy atom. The molecule has 1 rings (SSSR count). The zero-order valence-electron chi connectivity index (χ0n) is 17.6. The van der Waals surface area contributed by atoms with Crippen LogP contribution in [-0.2, 0) is 4.74 Å². The highest BCUT2D eigenvalue weighted by molar-refractivity contribution is 5.95. The summed E-state index contributed by atoms with van der Waals surface area (Å²) in [6.07, 6.45) is 21.8. The van der Waals surface area contributed by atoms with E-state index < -0.39 is 5.97 Å². The van der Waals surface area contributed by atoms with Crippen molar-refractivity contribution in [3.05, 3.63) is 59.7 Å². The van der Waals surface area contributed by atoms with E-state index in [0.29, 0.717) is 5.56 Å². The fourth-order valence-electron chi connectivity index (χ4n) is 2.61. The van der Waals surface area contributed by atoms with Crippen molar-refractivity contribution in [1.29, 1.82) is 0 Å². The van der Waals surface area contributed by atoms with Crippen LogP contribution in [-0.4, -0.2) is 30.4 Å². The number of carboxylic acid groups (broad SMARTS) is 1. The quantitative estimate of drug-likeness (QED) is 0.312. The molecule has 1 aromatic carbocycles. The number of aromatic carboxylic acids is 1. The Morgan fingerprint density at radius 2 is 1.57 bits per heavy atom. The number of allylic oxidation sites excluding steroid dienone is 5. The Labute approximate surface area is 170 Å². The van der Waals surface area contributed by atoms with Crippen molar-refractivity contribution in [3.63, 3.8) is 0 Å². The van der Waals surface area contributed by atoms with Gasteiger partial charge in [-0.05, 0) is 24.5 Å². The van der Waals surface area contributed by atoms with Crippen LogP contribution < -0.4 is 0 Å². The molecule has 0 aliphatic rings. The Morgan fingerprint density at radius 3 is 2.21 bits per heavy atom. The van der Waals surface area contributed by atoms with Gasteiger partial charge in [-0.2, -0.15) is 0 Å². The summed E-state index contributed by atoms with van der Waals surface area (Å²) in [5.74, 6) is -1.34. The van der Waals surface area contributed by atoms with E-state index in [1.807, 2.05) is 18.2 Å². The first-order valence-corrected chi connectivity index (χ1v) is 10.0. The van der Waals surface area contributed by atoms with Crippen molar-refractivity contribution in [1.82, 2.24) is 0 Å². The van der Waals surface area contributed by atoms with Crippen LogP contribution in [0.2, 0.25) is 0 Å². The average molecular weight is 389 g/mol. The number of benzene rings is 1. The molecule has 0 radical (unpaired) electrons. The van der Waals surface area contributed by atoms with Gasteiger partial charge in [0.05, 0.1) is 0 Å². The molecule has 4 nitrogen and oxygen atoms in total. The molecule has 0 unspecified atom stereocenters. The van der Waals surface area contributed by atoms with Gasteiger partial charge in [0.25, 0.3) is 0 Å². The topological polar surface area (TPSA) is 66.8 Å². The number of hydrogen-bond acceptors (Lipinski definition) is 3. The SMILES string of the molecule is CCCCCCCCCC=CC=CC=Cc1cccc(O)c1C(=O)O.COC. The third-order valence-corrected chi connectivity index (χ3v) is 4.01. The normalized spacial score (nSPS) is 11.2. The minimum atomic E-state index is -1.13. The molecule has 0 amide bonds. The number of unbranched alkanes of at least 4 members (excludes halogenated alkanes) is 7. The first kappa shape index (κ1) is 25.7. The maximum Gasteiger partial charge on any atom is 0.340 e. The van der Waals surface area contributed by atoms with Crippen LogP contribution in [0.5, 0.6) is 5.75 Å². The van der Waals surface area contributed by atoms with Gasteiger partial charge < -0.3 is 14.9 Å². The van der Waals surface area contributed by atoms with E-state index in [-0.39, 0.29) is 11.3 Å². The molecule has 0 bridgehead atoms. The minimum Gasteiger partial charge on any atom is -0.507 e. The maximum atomic E-state index is 11.2. The van der Waals surface area contributed by atoms with Crippen molar-refractivity contribution in [3.8, 4) is 5.75 Å². The largest absolute Gasteiger partial charge is 0.507 e. The highest BCUT2D eigenvalue weighted by Gasteiger charge is 2.12. The van der Waals surface area contributed by atoms with Crippen molar-refractivity contribution < 1.29 is 19.7 Å². The lowest BCUT2D eigenvalue weighted by Gasteiger charge is -2.02. The van der Waals surface area contributed by atoms with Gasteiger partial charge in [-0.1, -0.05) is 94.0 Å². The predicted molar refractivity (Wildman–Crippen MR) is 118 cm³/mol. The molecule has 0 atom stereocenters. The Kier molecular flexibility index (Phi) is 16.6. The van der Waals surface area contributed by atoms with Crippen molar-refractivity contribution in [2.75, 3.05) is 14.2 Å². The molecular formula is C24H36O4. The molecule has 0 fully saturated rings. The summed E-state index contributed by atoms with van der Waals surface area (Å²) in [6, 6.07) is 4.68. The molecule has 0 aliphatic heterocycles. The summed E-state index contributed by atoms with van der Waals surface area (Å²) in [4.78, 5) is 11.2. The van der Waals surface area contributed by atoms with Gasteiger partial charge >= 0.3 is 5.97 Å². The molecule has 1 aromatic rings. The summed E-state index contributed by atoms with van der Waals surface area (Å²) in [7, 11) is 3.25. The highest BCUT2D eigenvalue weighted by atomic mass is 16.4. The van der Waals surface area contributed by atoms with Crippen molar-refractivity contribution in [2.24, 2.45) is 0 Å². The minimum absolute atomic E-state index is 0.0679. The molecular weight excluding hydrogens is 352 g/mol. The first-order valence-electron chi connectivity index (χ1n) is 10.0. The number of rotatable bonds is 12. The number of ether oxygens (including phenoxy) is 1. The van der Waals surface area contributed by atoms with Crippen LogP contribution in [0.25, 0.3) is 6.08 Å². The molecule has 0 spiro atoms. The van der Waals surface area contributed by atoms with E-state index in [2.05, 4.69) is 17.7 Å². The van der Waals surface area contributed by atoms with Crippen LogP contribution in [0.15, 0.2) is 48.6 Å². The monoisotopic (exact) mass is 388 g/mol. The Balaban J connectivity index is 0.00000227. The van der Waals surface area contributed by atoms with E-state index >= 15 is 0 Å². The van der Waals surface area contributed by atoms with Crippen LogP contribution in [0.3, 0.4) is 0 Å². The fraction of sp³-hybridized carbons (Fsp3) is 0.458. The molecule has 0 aromatic heterocycles. The lowest BCUT2D eigenvalue weighted by Crippen LogP contribution is -1.99. The number of methoxy groups -OCH3 is 1. The van der Waals surface area contributed by atoms with Gasteiger partial charge in [0.1, 0.15) is 11.3 Å². The van der Waals surface area contributed by atoms with Crippen LogP contribution >= 0.6 is 0 Å². The fourth-order valence-corrected chi connectivity index (χ4v) is 2.61. The van der Waals surface area contributed by atoms with Crippen LogP contribution in [0.1, 0.15) is 74.2 Å². The molecule has 0 saturated carbocycles. The third-order valence-electron chi connectivity index (χ3n) is 4.01. The molecule has 156 valence electrons. The predicted octanol–water partition coefficient (Wildman–Crippen LogP) is 6.62. The number of phenols is 1. The summed E-state index contributed by atoms with van der Waals surface area (Å²) in [5, 5.41) is 18.7. The molecule has 2 N–H and O–H groups in total. The van der Waals surface area contributed by atoms with Crippen molar-refractivity contribution >= 4 is 12.0 Å². The van der Waals surface area contributed by atoms with Gasteiger partial charge in [0.15, 0.2) is 0 Å². The van der Waals surface area contributed by atoms with Gasteiger partial charge in [0.2, 0.25) is 0 Å². The molecule has 4 heteroatoms. The van der Waals surface area contributed by atoms with Crippen LogP contribution in [0.4, 0.5) is 0 Å². The smallest absolute Gasteiger partial charge is 0.340 e. The summed E-state index contributed by atoms with van der Waals surface area (Å²) < 4.78 is 4.25. The lowest BCUT2D eigenvalue weighted by molar-refractivity contribution is 0.0693. The van der Waals surface area contributed by atoms with E-state index in [9.17, 15) is 9.90 Å². The average Bonchev–Trinajstić information content (AvgIpc) is 2.66. The first-order chi connectivity index (χ1) is 13.6.